The molecule has 90 valence electrons. The third kappa shape index (κ3) is 2.03. The van der Waals surface area contributed by atoms with E-state index in [9.17, 15) is 4.79 Å². The van der Waals surface area contributed by atoms with E-state index in [1.54, 1.807) is 13.1 Å². The number of nitrogens with zero attached hydrogens (tertiary/aromatic N) is 2. The van der Waals surface area contributed by atoms with Crippen LogP contribution in [0.1, 0.15) is 5.56 Å². The van der Waals surface area contributed by atoms with E-state index in [1.807, 2.05) is 30.3 Å². The summed E-state index contributed by atoms with van der Waals surface area (Å²) in [7, 11) is 1.54. The third-order valence-electron chi connectivity index (χ3n) is 2.71. The summed E-state index contributed by atoms with van der Waals surface area (Å²) in [6.45, 7) is 0. The van der Waals surface area contributed by atoms with Crippen LogP contribution in [0.5, 0.6) is 0 Å². The topological polar surface area (TPSA) is 71.8 Å². The van der Waals surface area contributed by atoms with Gasteiger partial charge in [-0.2, -0.15) is 5.26 Å². The summed E-state index contributed by atoms with van der Waals surface area (Å²) >= 11 is 3.36. The van der Waals surface area contributed by atoms with Gasteiger partial charge in [0.05, 0.1) is 0 Å². The first-order valence-electron chi connectivity index (χ1n) is 5.20. The van der Waals surface area contributed by atoms with E-state index in [0.29, 0.717) is 11.4 Å². The summed E-state index contributed by atoms with van der Waals surface area (Å²) in [6.07, 6.45) is 0. The normalized spacial score (nSPS) is 10.1. The zero-order valence-corrected chi connectivity index (χ0v) is 11.2. The Hall–Kier alpha value is -2.06. The van der Waals surface area contributed by atoms with Crippen molar-refractivity contribution in [3.8, 4) is 17.2 Å². The first kappa shape index (κ1) is 12.4. The quantitative estimate of drug-likeness (QED) is 0.878. The Morgan fingerprint density at radius 2 is 2.11 bits per heavy atom. The van der Waals surface area contributed by atoms with Gasteiger partial charge < -0.3 is 5.73 Å². The number of anilines is 1. The van der Waals surface area contributed by atoms with Crippen LogP contribution in [-0.4, -0.2) is 4.57 Å². The number of benzene rings is 1. The Bertz CT molecular complexity index is 713. The molecule has 0 spiro atoms. The molecule has 4 nitrogen and oxygen atoms in total. The molecule has 1 aromatic heterocycles. The molecule has 0 radical (unpaired) electrons. The summed E-state index contributed by atoms with van der Waals surface area (Å²) in [6, 6.07) is 11.0. The van der Waals surface area contributed by atoms with Crippen molar-refractivity contribution in [3.63, 3.8) is 0 Å². The molecule has 0 fully saturated rings. The van der Waals surface area contributed by atoms with Crippen LogP contribution in [0.3, 0.4) is 0 Å². The molecule has 0 saturated heterocycles. The summed E-state index contributed by atoms with van der Waals surface area (Å²) < 4.78 is 2.14. The van der Waals surface area contributed by atoms with E-state index in [1.165, 1.54) is 4.57 Å². The molecule has 0 aliphatic carbocycles. The summed E-state index contributed by atoms with van der Waals surface area (Å²) in [4.78, 5) is 11.9. The van der Waals surface area contributed by atoms with Crippen LogP contribution in [0.2, 0.25) is 0 Å². The van der Waals surface area contributed by atoms with Gasteiger partial charge in [-0.25, -0.2) is 0 Å². The number of nitriles is 1. The zero-order chi connectivity index (χ0) is 13.3. The Morgan fingerprint density at radius 1 is 1.39 bits per heavy atom. The molecular weight excluding hydrogens is 294 g/mol. The van der Waals surface area contributed by atoms with Crippen LogP contribution in [0.15, 0.2) is 39.6 Å². The predicted molar refractivity (Wildman–Crippen MR) is 73.9 cm³/mol. The van der Waals surface area contributed by atoms with E-state index in [0.717, 1.165) is 10.0 Å². The van der Waals surface area contributed by atoms with Crippen molar-refractivity contribution in [2.45, 2.75) is 0 Å². The Balaban J connectivity index is 2.81. The monoisotopic (exact) mass is 303 g/mol. The molecule has 0 saturated carbocycles. The van der Waals surface area contributed by atoms with Crippen LogP contribution in [0.25, 0.3) is 11.1 Å². The van der Waals surface area contributed by atoms with Gasteiger partial charge in [-0.05, 0) is 23.8 Å². The number of rotatable bonds is 1. The number of hydrogen-bond donors (Lipinski definition) is 1. The third-order valence-corrected chi connectivity index (χ3v) is 3.21. The molecule has 1 aromatic carbocycles. The molecule has 18 heavy (non-hydrogen) atoms. The molecule has 1 heterocycles. The van der Waals surface area contributed by atoms with E-state index in [4.69, 9.17) is 11.0 Å². The van der Waals surface area contributed by atoms with Gasteiger partial charge in [-0.1, -0.05) is 28.1 Å². The predicted octanol–water partition coefficient (Wildman–Crippen LogP) is 2.27. The van der Waals surface area contributed by atoms with Crippen molar-refractivity contribution in [2.75, 3.05) is 5.73 Å². The van der Waals surface area contributed by atoms with Gasteiger partial charge in [0.2, 0.25) is 0 Å². The second kappa shape index (κ2) is 4.67. The first-order chi connectivity index (χ1) is 8.54. The minimum atomic E-state index is -0.382. The Kier molecular flexibility index (Phi) is 3.21. The maximum Gasteiger partial charge on any atom is 0.270 e. The molecule has 2 N–H and O–H groups in total. The lowest BCUT2D eigenvalue weighted by Crippen LogP contribution is -2.23. The summed E-state index contributed by atoms with van der Waals surface area (Å²) in [5.74, 6) is 0.328. The SMILES string of the molecule is Cn1c(N)cc(-c2cccc(Br)c2)c(C#N)c1=O. The van der Waals surface area contributed by atoms with Crippen LogP contribution < -0.4 is 11.3 Å². The standard InChI is InChI=1S/C13H10BrN3O/c1-17-12(16)6-10(11(7-15)13(17)18)8-3-2-4-9(14)5-8/h2-6H,16H2,1H3. The van der Waals surface area contributed by atoms with Gasteiger partial charge in [0.25, 0.3) is 5.56 Å². The average Bonchev–Trinajstić information content (AvgIpc) is 2.35. The number of nitrogen functional groups attached to an aromatic ring is 1. The lowest BCUT2D eigenvalue weighted by molar-refractivity contribution is 0.871. The number of pyridine rings is 1. The fourth-order valence-electron chi connectivity index (χ4n) is 1.71. The van der Waals surface area contributed by atoms with Gasteiger partial charge >= 0.3 is 0 Å². The molecular formula is C13H10BrN3O. The first-order valence-corrected chi connectivity index (χ1v) is 5.99. The van der Waals surface area contributed by atoms with E-state index in [-0.39, 0.29) is 11.1 Å². The van der Waals surface area contributed by atoms with E-state index < -0.39 is 0 Å². The minimum Gasteiger partial charge on any atom is -0.385 e. The van der Waals surface area contributed by atoms with Crippen molar-refractivity contribution < 1.29 is 0 Å². The number of hydrogen-bond acceptors (Lipinski definition) is 3. The highest BCUT2D eigenvalue weighted by molar-refractivity contribution is 9.10. The average molecular weight is 304 g/mol. The van der Waals surface area contributed by atoms with Crippen LogP contribution >= 0.6 is 15.9 Å². The Morgan fingerprint density at radius 3 is 2.72 bits per heavy atom. The van der Waals surface area contributed by atoms with Gasteiger partial charge in [0.1, 0.15) is 17.5 Å². The molecule has 0 bridgehead atoms. The maximum absolute atomic E-state index is 11.9. The minimum absolute atomic E-state index is 0.102. The highest BCUT2D eigenvalue weighted by atomic mass is 79.9. The van der Waals surface area contributed by atoms with E-state index >= 15 is 0 Å². The zero-order valence-electron chi connectivity index (χ0n) is 9.64. The van der Waals surface area contributed by atoms with Crippen LogP contribution in [0, 0.1) is 11.3 Å². The molecule has 0 aliphatic rings. The van der Waals surface area contributed by atoms with Crippen molar-refractivity contribution >= 4 is 21.7 Å². The van der Waals surface area contributed by atoms with Crippen molar-refractivity contribution in [2.24, 2.45) is 7.05 Å². The van der Waals surface area contributed by atoms with Crippen LogP contribution in [0.4, 0.5) is 5.82 Å². The van der Waals surface area contributed by atoms with Gasteiger partial charge in [0.15, 0.2) is 0 Å². The summed E-state index contributed by atoms with van der Waals surface area (Å²) in [5, 5.41) is 9.13. The highest BCUT2D eigenvalue weighted by Crippen LogP contribution is 2.25. The molecule has 0 unspecified atom stereocenters. The molecule has 5 heteroatoms. The molecule has 2 rings (SSSR count). The number of nitrogens with two attached hydrogens (primary N) is 1. The fourth-order valence-corrected chi connectivity index (χ4v) is 2.11. The second-order valence-electron chi connectivity index (χ2n) is 3.84. The largest absolute Gasteiger partial charge is 0.385 e. The van der Waals surface area contributed by atoms with Gasteiger partial charge in [-0.3, -0.25) is 9.36 Å². The smallest absolute Gasteiger partial charge is 0.270 e. The molecule has 0 atom stereocenters. The fraction of sp³-hybridized carbons (Fsp3) is 0.0769. The number of halogens is 1. The van der Waals surface area contributed by atoms with Crippen molar-refractivity contribution in [1.82, 2.24) is 4.57 Å². The lowest BCUT2D eigenvalue weighted by Gasteiger charge is -2.09. The van der Waals surface area contributed by atoms with Crippen molar-refractivity contribution in [3.05, 3.63) is 50.7 Å². The second-order valence-corrected chi connectivity index (χ2v) is 4.76. The van der Waals surface area contributed by atoms with Gasteiger partial charge in [0, 0.05) is 17.1 Å². The maximum atomic E-state index is 11.9. The van der Waals surface area contributed by atoms with Crippen LogP contribution in [-0.2, 0) is 7.05 Å². The Labute approximate surface area is 112 Å². The van der Waals surface area contributed by atoms with Crippen molar-refractivity contribution in [1.29, 1.82) is 5.26 Å². The molecule has 0 amide bonds. The molecule has 2 aromatic rings. The molecule has 0 aliphatic heterocycles. The number of aromatic nitrogens is 1. The van der Waals surface area contributed by atoms with Gasteiger partial charge in [-0.15, -0.1) is 0 Å². The lowest BCUT2D eigenvalue weighted by atomic mass is 10.0. The highest BCUT2D eigenvalue weighted by Gasteiger charge is 2.12. The summed E-state index contributed by atoms with van der Waals surface area (Å²) in [5.41, 5.74) is 6.82. The van der Waals surface area contributed by atoms with E-state index in [2.05, 4.69) is 15.9 Å².